The lowest BCUT2D eigenvalue weighted by Gasteiger charge is -2.13. The van der Waals surface area contributed by atoms with Crippen LogP contribution in [-0.4, -0.2) is 12.1 Å². The summed E-state index contributed by atoms with van der Waals surface area (Å²) in [5.74, 6) is 1.07. The molecule has 0 atom stereocenters. The van der Waals surface area contributed by atoms with E-state index in [0.717, 1.165) is 16.7 Å². The van der Waals surface area contributed by atoms with Crippen molar-refractivity contribution in [2.75, 3.05) is 0 Å². The zero-order valence-corrected chi connectivity index (χ0v) is 12.6. The molecule has 5 heteroatoms. The summed E-state index contributed by atoms with van der Waals surface area (Å²) in [6.07, 6.45) is 0. The second-order valence-electron chi connectivity index (χ2n) is 5.40. The summed E-state index contributed by atoms with van der Waals surface area (Å²) in [6, 6.07) is 6.81. The molecule has 110 valence electrons. The average molecular weight is 295 g/mol. The van der Waals surface area contributed by atoms with Crippen LogP contribution in [0.25, 0.3) is 4.85 Å². The first-order valence-electron chi connectivity index (χ1n) is 7.90. The van der Waals surface area contributed by atoms with Gasteiger partial charge in [-0.2, -0.15) is 0 Å². The Morgan fingerprint density at radius 3 is 2.55 bits per heavy atom. The van der Waals surface area contributed by atoms with Crippen molar-refractivity contribution in [2.24, 2.45) is 0 Å². The fourth-order valence-corrected chi connectivity index (χ4v) is 2.57. The quantitative estimate of drug-likeness (QED) is 0.683. The van der Waals surface area contributed by atoms with Crippen molar-refractivity contribution in [2.45, 2.75) is 27.3 Å². The molecule has 2 aromatic rings. The van der Waals surface area contributed by atoms with Crippen LogP contribution in [0.1, 0.15) is 25.0 Å². The number of aryl methyl sites for hydroxylation is 3. The number of hydrogen-bond donors (Lipinski definition) is 1. The van der Waals surface area contributed by atoms with Crippen LogP contribution in [0.2, 0.25) is 0 Å². The van der Waals surface area contributed by atoms with Crippen LogP contribution < -0.4 is 10.2 Å². The molecule has 0 spiro atoms. The van der Waals surface area contributed by atoms with Crippen LogP contribution in [0.4, 0.5) is 5.69 Å². The first-order valence-corrected chi connectivity index (χ1v) is 6.90. The summed E-state index contributed by atoms with van der Waals surface area (Å²) in [5.41, 5.74) is 3.71. The van der Waals surface area contributed by atoms with E-state index < -0.39 is 13.7 Å². The lowest BCUT2D eigenvalue weighted by molar-refractivity contribution is 0.275. The average Bonchev–Trinajstić information content (AvgIpc) is 2.69. The van der Waals surface area contributed by atoms with E-state index >= 15 is 0 Å². The van der Waals surface area contributed by atoms with Crippen molar-refractivity contribution >= 4 is 18.3 Å². The summed E-state index contributed by atoms with van der Waals surface area (Å²) in [5, 5.41) is 9.82. The predicted octanol–water partition coefficient (Wildman–Crippen LogP) is 3.17. The zero-order chi connectivity index (χ0) is 17.6. The molecule has 0 radical (unpaired) electrons. The van der Waals surface area contributed by atoms with Gasteiger partial charge in [-0.3, -0.25) is 0 Å². The lowest BCUT2D eigenvalue weighted by atomic mass is 9.79. The Morgan fingerprint density at radius 1 is 1.23 bits per heavy atom. The number of nitrogens with zero attached hydrogens (tertiary/aromatic N) is 1. The molecule has 22 heavy (non-hydrogen) atoms. The number of hydrogen-bond acceptors (Lipinski definition) is 3. The van der Waals surface area contributed by atoms with Gasteiger partial charge < -0.3 is 14.4 Å². The molecule has 0 aliphatic carbocycles. The fourth-order valence-electron chi connectivity index (χ4n) is 2.57. The Hall–Kier alpha value is -2.29. The highest BCUT2D eigenvalue weighted by Crippen LogP contribution is 2.33. The van der Waals surface area contributed by atoms with Gasteiger partial charge in [-0.15, -0.1) is 0 Å². The molecule has 0 saturated heterocycles. The van der Waals surface area contributed by atoms with E-state index in [1.165, 1.54) is 0 Å². The van der Waals surface area contributed by atoms with Crippen LogP contribution in [0.15, 0.2) is 24.3 Å². The third-order valence-corrected chi connectivity index (χ3v) is 3.70. The molecule has 1 heterocycles. The van der Waals surface area contributed by atoms with Gasteiger partial charge in [0, 0.05) is 0 Å². The van der Waals surface area contributed by atoms with Gasteiger partial charge in [0.05, 0.1) is 15.9 Å². The van der Waals surface area contributed by atoms with E-state index in [0.29, 0.717) is 22.6 Å². The summed E-state index contributed by atoms with van der Waals surface area (Å²) in [4.78, 5) is 3.51. The summed E-state index contributed by atoms with van der Waals surface area (Å²) >= 11 is 0. The monoisotopic (exact) mass is 295 g/mol. The highest BCUT2D eigenvalue weighted by molar-refractivity contribution is 6.61. The van der Waals surface area contributed by atoms with Crippen molar-refractivity contribution < 1.29 is 17.2 Å². The first kappa shape index (κ1) is 12.3. The van der Waals surface area contributed by atoms with Gasteiger partial charge in [0.1, 0.15) is 11.5 Å². The Labute approximate surface area is 133 Å². The Bertz CT molecular complexity index is 854. The molecule has 1 N–H and O–H groups in total. The Morgan fingerprint density at radius 2 is 1.91 bits per heavy atom. The van der Waals surface area contributed by atoms with Gasteiger partial charge in [-0.05, 0) is 66.7 Å². The van der Waals surface area contributed by atoms with E-state index in [1.54, 1.807) is 24.3 Å². The van der Waals surface area contributed by atoms with Crippen molar-refractivity contribution in [3.8, 4) is 11.5 Å². The molecule has 0 amide bonds. The van der Waals surface area contributed by atoms with Gasteiger partial charge in [0.25, 0.3) is 0 Å². The highest BCUT2D eigenvalue weighted by atomic mass is 16.5. The van der Waals surface area contributed by atoms with Crippen molar-refractivity contribution in [1.82, 2.24) is 0 Å². The molecule has 1 aliphatic heterocycles. The van der Waals surface area contributed by atoms with Gasteiger partial charge >= 0.3 is 7.12 Å². The first-order chi connectivity index (χ1) is 11.2. The van der Waals surface area contributed by atoms with Crippen LogP contribution in [0.3, 0.4) is 0 Å². The predicted molar refractivity (Wildman–Crippen MR) is 85.8 cm³/mol. The molecule has 4 nitrogen and oxygen atoms in total. The van der Waals surface area contributed by atoms with Crippen molar-refractivity contribution in [3.63, 3.8) is 0 Å². The van der Waals surface area contributed by atoms with Crippen molar-refractivity contribution in [3.05, 3.63) is 57.9 Å². The largest absolute Gasteiger partial charge is 0.491 e. The number of ether oxygens (including phenoxy) is 1. The maximum Gasteiger partial charge on any atom is 0.491 e. The molecule has 0 bridgehead atoms. The maximum atomic E-state index is 9.82. The van der Waals surface area contributed by atoms with Gasteiger partial charge in [0.2, 0.25) is 0 Å². The van der Waals surface area contributed by atoms with E-state index in [-0.39, 0.29) is 5.56 Å². The fraction of sp³-hybridized carbons (Fsp3) is 0.235. The van der Waals surface area contributed by atoms with E-state index in [4.69, 9.17) is 18.7 Å². The van der Waals surface area contributed by atoms with Gasteiger partial charge in [-0.25, -0.2) is 4.85 Å². The SMILES string of the molecule is [2H]C1([2H])OB(O)c2cc(C)c(Oc3cc(C)c([N+]#[C-])c(C)c3)cc21. The van der Waals surface area contributed by atoms with E-state index in [2.05, 4.69) is 4.85 Å². The van der Waals surface area contributed by atoms with Crippen LogP contribution in [0.5, 0.6) is 11.5 Å². The van der Waals surface area contributed by atoms with Gasteiger partial charge in [0.15, 0.2) is 5.69 Å². The van der Waals surface area contributed by atoms with Crippen LogP contribution in [0, 0.1) is 27.3 Å². The molecule has 1 aliphatic rings. The van der Waals surface area contributed by atoms with E-state index in [9.17, 15) is 5.02 Å². The molecule has 3 rings (SSSR count). The molecular formula is C17H16BNO3. The minimum atomic E-state index is -2.06. The lowest BCUT2D eigenvalue weighted by Crippen LogP contribution is -2.28. The Balaban J connectivity index is 2.02. The standard InChI is InChI=1S/C17H16BNO3/c1-10-7-15-13(9-21-18(15)20)8-16(10)22-14-5-11(2)17(19-4)12(3)6-14/h5-8,20H,9H2,1-3H3/i9D2. The number of rotatable bonds is 2. The normalized spacial score (nSPS) is 16.6. The number of benzene rings is 2. The summed E-state index contributed by atoms with van der Waals surface area (Å²) in [7, 11) is -1.27. The topological polar surface area (TPSA) is 43.0 Å². The molecule has 0 unspecified atom stereocenters. The van der Waals surface area contributed by atoms with Gasteiger partial charge in [-0.1, -0.05) is 6.07 Å². The summed E-state index contributed by atoms with van der Waals surface area (Å²) < 4.78 is 26.6. The third kappa shape index (κ3) is 2.48. The van der Waals surface area contributed by atoms with Crippen LogP contribution in [-0.2, 0) is 11.2 Å². The minimum absolute atomic E-state index is 0.266. The molecular weight excluding hydrogens is 277 g/mol. The number of fused-ring (bicyclic) bond motifs is 1. The second-order valence-corrected chi connectivity index (χ2v) is 5.40. The highest BCUT2D eigenvalue weighted by Gasteiger charge is 2.28. The van der Waals surface area contributed by atoms with Crippen molar-refractivity contribution in [1.29, 1.82) is 0 Å². The molecule has 0 fully saturated rings. The maximum absolute atomic E-state index is 9.82. The Kier molecular flexibility index (Phi) is 3.06. The van der Waals surface area contributed by atoms with E-state index in [1.807, 2.05) is 20.8 Å². The summed E-state index contributed by atoms with van der Waals surface area (Å²) in [6.45, 7) is 10.7. The van der Waals surface area contributed by atoms with Crippen LogP contribution >= 0.6 is 0 Å². The molecule has 2 aromatic carbocycles. The smallest absolute Gasteiger partial charge is 0.457 e. The molecule has 0 saturated carbocycles. The minimum Gasteiger partial charge on any atom is -0.457 e. The molecule has 0 aromatic heterocycles. The third-order valence-electron chi connectivity index (χ3n) is 3.70. The zero-order valence-electron chi connectivity index (χ0n) is 14.6. The second kappa shape index (κ2) is 5.49.